The molecule has 6 nitrogen and oxygen atoms in total. The first-order valence-corrected chi connectivity index (χ1v) is 12.4. The molecule has 1 aliphatic heterocycles. The van der Waals surface area contributed by atoms with Gasteiger partial charge in [-0.3, -0.25) is 4.79 Å². The van der Waals surface area contributed by atoms with Gasteiger partial charge in [0, 0.05) is 30.0 Å². The van der Waals surface area contributed by atoms with Crippen molar-refractivity contribution in [3.8, 4) is 17.1 Å². The molecule has 0 N–H and O–H groups in total. The van der Waals surface area contributed by atoms with Crippen molar-refractivity contribution in [2.24, 2.45) is 0 Å². The van der Waals surface area contributed by atoms with E-state index in [1.54, 1.807) is 11.8 Å². The van der Waals surface area contributed by atoms with Crippen LogP contribution in [0.1, 0.15) is 29.4 Å². The molecule has 1 aromatic heterocycles. The second kappa shape index (κ2) is 10.1. The third-order valence-corrected chi connectivity index (χ3v) is 6.64. The fourth-order valence-electron chi connectivity index (χ4n) is 4.00. The van der Waals surface area contributed by atoms with Crippen LogP contribution < -0.4 is 4.74 Å². The maximum absolute atomic E-state index is 12.6. The van der Waals surface area contributed by atoms with Crippen LogP contribution in [0.15, 0.2) is 88.3 Å². The number of nitrogens with zero attached hydrogens (tertiary/aromatic N) is 3. The van der Waals surface area contributed by atoms with Crippen LogP contribution in [0, 0.1) is 0 Å². The summed E-state index contributed by atoms with van der Waals surface area (Å²) in [6.45, 7) is 1.69. The van der Waals surface area contributed by atoms with Crippen LogP contribution in [-0.2, 0) is 17.9 Å². The van der Waals surface area contributed by atoms with E-state index < -0.39 is 0 Å². The van der Waals surface area contributed by atoms with E-state index in [-0.39, 0.29) is 11.8 Å². The van der Waals surface area contributed by atoms with E-state index in [1.807, 2.05) is 59.5 Å². The SMILES string of the molecule is CSc1ccc(CN2CC(c3nc(-c4ccc(OCc5ccccc5)cc4)no3)CC2=O)cc1. The van der Waals surface area contributed by atoms with Crippen LogP contribution in [0.25, 0.3) is 11.4 Å². The molecule has 1 unspecified atom stereocenters. The van der Waals surface area contributed by atoms with Gasteiger partial charge in [0.05, 0.1) is 5.92 Å². The lowest BCUT2D eigenvalue weighted by Gasteiger charge is -2.16. The normalized spacial score (nSPS) is 15.6. The molecule has 5 rings (SSSR count). The molecule has 1 amide bonds. The Bertz CT molecular complexity index is 1240. The van der Waals surface area contributed by atoms with Crippen LogP contribution in [0.3, 0.4) is 0 Å². The number of hydrogen-bond acceptors (Lipinski definition) is 6. The van der Waals surface area contributed by atoms with E-state index in [0.717, 1.165) is 22.4 Å². The third-order valence-electron chi connectivity index (χ3n) is 5.90. The molecule has 2 heterocycles. The Balaban J connectivity index is 1.20. The highest BCUT2D eigenvalue weighted by Crippen LogP contribution is 2.30. The second-order valence-corrected chi connectivity index (χ2v) is 9.16. The van der Waals surface area contributed by atoms with Gasteiger partial charge in [0.1, 0.15) is 12.4 Å². The van der Waals surface area contributed by atoms with Crippen LogP contribution in [0.4, 0.5) is 0 Å². The predicted octanol–water partition coefficient (Wildman–Crippen LogP) is 5.55. The summed E-state index contributed by atoms with van der Waals surface area (Å²) >= 11 is 1.71. The Hall–Kier alpha value is -3.58. The Morgan fingerprint density at radius 3 is 2.50 bits per heavy atom. The van der Waals surface area contributed by atoms with Gasteiger partial charge in [-0.1, -0.05) is 47.6 Å². The zero-order chi connectivity index (χ0) is 23.3. The fraction of sp³-hybridized carbons (Fsp3) is 0.222. The summed E-state index contributed by atoms with van der Waals surface area (Å²) in [6.07, 6.45) is 2.44. The van der Waals surface area contributed by atoms with Gasteiger partial charge in [0.25, 0.3) is 0 Å². The standard InChI is InChI=1S/C27H25N3O3S/c1-34-24-13-7-19(8-14-24)16-30-17-22(15-25(30)31)27-28-26(29-33-27)21-9-11-23(12-10-21)32-18-20-5-3-2-4-6-20/h2-14,22H,15-18H2,1H3. The summed E-state index contributed by atoms with van der Waals surface area (Å²) in [4.78, 5) is 20.2. The Kier molecular flexibility index (Phi) is 6.62. The second-order valence-electron chi connectivity index (χ2n) is 8.28. The minimum Gasteiger partial charge on any atom is -0.489 e. The largest absolute Gasteiger partial charge is 0.489 e. The van der Waals surface area contributed by atoms with Crippen molar-refractivity contribution < 1.29 is 14.1 Å². The number of aromatic nitrogens is 2. The highest BCUT2D eigenvalue weighted by molar-refractivity contribution is 7.98. The smallest absolute Gasteiger partial charge is 0.232 e. The molecule has 0 radical (unpaired) electrons. The molecular weight excluding hydrogens is 446 g/mol. The molecule has 3 aromatic carbocycles. The quantitative estimate of drug-likeness (QED) is 0.314. The maximum Gasteiger partial charge on any atom is 0.232 e. The van der Waals surface area contributed by atoms with Gasteiger partial charge in [-0.15, -0.1) is 11.8 Å². The van der Waals surface area contributed by atoms with E-state index in [2.05, 4.69) is 40.7 Å². The number of ether oxygens (including phenoxy) is 1. The van der Waals surface area contributed by atoms with Crippen molar-refractivity contribution in [2.75, 3.05) is 12.8 Å². The summed E-state index contributed by atoms with van der Waals surface area (Å²) in [5.41, 5.74) is 3.08. The first-order chi connectivity index (χ1) is 16.7. The number of thioether (sulfide) groups is 1. The number of carbonyl (C=O) groups excluding carboxylic acids is 1. The molecule has 1 atom stereocenters. The van der Waals surface area contributed by atoms with Crippen molar-refractivity contribution in [1.29, 1.82) is 0 Å². The van der Waals surface area contributed by atoms with E-state index in [4.69, 9.17) is 9.26 Å². The van der Waals surface area contributed by atoms with Crippen molar-refractivity contribution >= 4 is 17.7 Å². The number of likely N-dealkylation sites (tertiary alicyclic amines) is 1. The molecule has 172 valence electrons. The summed E-state index contributed by atoms with van der Waals surface area (Å²) < 4.78 is 11.4. The molecule has 34 heavy (non-hydrogen) atoms. The van der Waals surface area contributed by atoms with E-state index in [9.17, 15) is 4.79 Å². The molecule has 0 aliphatic carbocycles. The topological polar surface area (TPSA) is 68.5 Å². The van der Waals surface area contributed by atoms with Gasteiger partial charge in [-0.05, 0) is 53.8 Å². The molecule has 0 spiro atoms. The summed E-state index contributed by atoms with van der Waals surface area (Å²) in [6, 6.07) is 26.0. The number of hydrogen-bond donors (Lipinski definition) is 0. The third kappa shape index (κ3) is 5.15. The average Bonchev–Trinajstić information content (AvgIpc) is 3.51. The van der Waals surface area contributed by atoms with Gasteiger partial charge in [0.2, 0.25) is 17.6 Å². The molecule has 1 saturated heterocycles. The predicted molar refractivity (Wildman–Crippen MR) is 132 cm³/mol. The lowest BCUT2D eigenvalue weighted by atomic mass is 10.1. The number of amides is 1. The van der Waals surface area contributed by atoms with Crippen molar-refractivity contribution in [1.82, 2.24) is 15.0 Å². The average molecular weight is 472 g/mol. The van der Waals surface area contributed by atoms with Gasteiger partial charge >= 0.3 is 0 Å². The maximum atomic E-state index is 12.6. The van der Waals surface area contributed by atoms with Crippen LogP contribution in [-0.4, -0.2) is 33.7 Å². The van der Waals surface area contributed by atoms with Gasteiger partial charge in [-0.25, -0.2) is 0 Å². The minimum absolute atomic E-state index is 0.0901. The first kappa shape index (κ1) is 22.2. The Labute approximate surface area is 202 Å². The van der Waals surface area contributed by atoms with E-state index >= 15 is 0 Å². The molecule has 0 bridgehead atoms. The minimum atomic E-state index is -0.0901. The van der Waals surface area contributed by atoms with Crippen LogP contribution in [0.2, 0.25) is 0 Å². The molecule has 4 aromatic rings. The molecule has 0 saturated carbocycles. The Morgan fingerprint density at radius 1 is 1.00 bits per heavy atom. The highest BCUT2D eigenvalue weighted by atomic mass is 32.2. The fourth-order valence-corrected chi connectivity index (χ4v) is 4.41. The highest BCUT2D eigenvalue weighted by Gasteiger charge is 2.34. The van der Waals surface area contributed by atoms with E-state index in [1.165, 1.54) is 4.90 Å². The molecule has 1 fully saturated rings. The summed E-state index contributed by atoms with van der Waals surface area (Å²) in [5.74, 6) is 1.82. The summed E-state index contributed by atoms with van der Waals surface area (Å²) in [7, 11) is 0. The van der Waals surface area contributed by atoms with Gasteiger partial charge in [-0.2, -0.15) is 4.98 Å². The lowest BCUT2D eigenvalue weighted by Crippen LogP contribution is -2.24. The van der Waals surface area contributed by atoms with Crippen molar-refractivity contribution in [3.05, 3.63) is 95.9 Å². The van der Waals surface area contributed by atoms with Gasteiger partial charge < -0.3 is 14.2 Å². The van der Waals surface area contributed by atoms with E-state index in [0.29, 0.717) is 37.8 Å². The zero-order valence-electron chi connectivity index (χ0n) is 18.9. The van der Waals surface area contributed by atoms with Crippen LogP contribution in [0.5, 0.6) is 5.75 Å². The molecule has 7 heteroatoms. The monoisotopic (exact) mass is 471 g/mol. The van der Waals surface area contributed by atoms with Crippen LogP contribution >= 0.6 is 11.8 Å². The van der Waals surface area contributed by atoms with Gasteiger partial charge in [0.15, 0.2) is 0 Å². The zero-order valence-corrected chi connectivity index (χ0v) is 19.7. The molecular formula is C27H25N3O3S. The van der Waals surface area contributed by atoms with Crippen molar-refractivity contribution in [3.63, 3.8) is 0 Å². The number of carbonyl (C=O) groups is 1. The number of rotatable bonds is 8. The lowest BCUT2D eigenvalue weighted by molar-refractivity contribution is -0.128. The molecule has 1 aliphatic rings. The Morgan fingerprint density at radius 2 is 1.76 bits per heavy atom. The first-order valence-electron chi connectivity index (χ1n) is 11.2. The summed E-state index contributed by atoms with van der Waals surface area (Å²) in [5, 5.41) is 4.15. The van der Waals surface area contributed by atoms with Crippen molar-refractivity contribution in [2.45, 2.75) is 30.4 Å². The number of benzene rings is 3.